The summed E-state index contributed by atoms with van der Waals surface area (Å²) in [6.07, 6.45) is 4.56. The minimum Gasteiger partial charge on any atom is -0.476 e. The number of carbonyl (C=O) groups is 1. The maximum Gasteiger partial charge on any atom is 0.356 e. The third kappa shape index (κ3) is 3.73. The predicted molar refractivity (Wildman–Crippen MR) is 93.4 cm³/mol. The van der Waals surface area contributed by atoms with Gasteiger partial charge in [0.2, 0.25) is 0 Å². The number of carboxylic acid groups (broad SMARTS) is 1. The summed E-state index contributed by atoms with van der Waals surface area (Å²) in [6, 6.07) is 8.37. The van der Waals surface area contributed by atoms with Gasteiger partial charge in [-0.3, -0.25) is 0 Å². The zero-order valence-corrected chi connectivity index (χ0v) is 14.6. The quantitative estimate of drug-likeness (QED) is 0.814. The number of nitrogens with zero attached hydrogens (tertiary/aromatic N) is 2. The number of ether oxygens (including phenoxy) is 1. The molecule has 0 radical (unpaired) electrons. The standard InChI is InChI=1S/C17H18BrN3O3/c18-13-3-1-12(2-4-13)17(5-7-24-8-6-17)11-21-15-10-19-14(9-20-15)16(22)23/h1-4,9-10H,5-8,11H2,(H,20,21)(H,22,23). The van der Waals surface area contributed by atoms with Crippen LogP contribution in [0.3, 0.4) is 0 Å². The lowest BCUT2D eigenvalue weighted by molar-refractivity contribution is 0.0543. The van der Waals surface area contributed by atoms with Crippen molar-refractivity contribution in [1.29, 1.82) is 0 Å². The highest BCUT2D eigenvalue weighted by Crippen LogP contribution is 2.35. The van der Waals surface area contributed by atoms with Gasteiger partial charge in [-0.1, -0.05) is 28.1 Å². The second kappa shape index (κ2) is 7.27. The number of benzene rings is 1. The zero-order valence-electron chi connectivity index (χ0n) is 13.0. The molecule has 2 heterocycles. The molecule has 1 aromatic heterocycles. The van der Waals surface area contributed by atoms with E-state index in [4.69, 9.17) is 9.84 Å². The Morgan fingerprint density at radius 2 is 1.92 bits per heavy atom. The van der Waals surface area contributed by atoms with Gasteiger partial charge in [0, 0.05) is 29.6 Å². The minimum atomic E-state index is -1.08. The highest BCUT2D eigenvalue weighted by atomic mass is 79.9. The third-order valence-electron chi connectivity index (χ3n) is 4.39. The van der Waals surface area contributed by atoms with Gasteiger partial charge < -0.3 is 15.2 Å². The van der Waals surface area contributed by atoms with E-state index in [1.54, 1.807) is 0 Å². The number of anilines is 1. The van der Waals surface area contributed by atoms with Gasteiger partial charge in [-0.15, -0.1) is 0 Å². The fourth-order valence-corrected chi connectivity index (χ4v) is 3.19. The molecule has 0 bridgehead atoms. The van der Waals surface area contributed by atoms with E-state index in [9.17, 15) is 4.79 Å². The van der Waals surface area contributed by atoms with Crippen LogP contribution in [-0.2, 0) is 10.2 Å². The Balaban J connectivity index is 1.77. The number of aromatic nitrogens is 2. The van der Waals surface area contributed by atoms with Crippen LogP contribution in [0.15, 0.2) is 41.1 Å². The molecule has 0 saturated carbocycles. The van der Waals surface area contributed by atoms with Crippen LogP contribution in [0, 0.1) is 0 Å². The van der Waals surface area contributed by atoms with Gasteiger partial charge in [-0.05, 0) is 30.5 Å². The Bertz CT molecular complexity index is 698. The number of hydrogen-bond donors (Lipinski definition) is 2. The molecule has 1 aliphatic heterocycles. The van der Waals surface area contributed by atoms with E-state index >= 15 is 0 Å². The van der Waals surface area contributed by atoms with Crippen molar-refractivity contribution in [2.75, 3.05) is 25.1 Å². The van der Waals surface area contributed by atoms with Gasteiger partial charge in [-0.2, -0.15) is 0 Å². The second-order valence-electron chi connectivity index (χ2n) is 5.85. The van der Waals surface area contributed by atoms with Crippen LogP contribution in [0.1, 0.15) is 28.9 Å². The van der Waals surface area contributed by atoms with Gasteiger partial charge in [0.15, 0.2) is 5.69 Å². The normalized spacial score (nSPS) is 16.5. The summed E-state index contributed by atoms with van der Waals surface area (Å²) in [5, 5.41) is 12.2. The van der Waals surface area contributed by atoms with E-state index in [1.807, 2.05) is 12.1 Å². The lowest BCUT2D eigenvalue weighted by Gasteiger charge is -2.38. The molecule has 2 aromatic rings. The molecule has 3 rings (SSSR count). The molecule has 0 aliphatic carbocycles. The van der Waals surface area contributed by atoms with Crippen LogP contribution in [0.4, 0.5) is 5.82 Å². The van der Waals surface area contributed by atoms with Crippen molar-refractivity contribution >= 4 is 27.7 Å². The van der Waals surface area contributed by atoms with Crippen molar-refractivity contribution in [1.82, 2.24) is 9.97 Å². The van der Waals surface area contributed by atoms with Crippen molar-refractivity contribution in [3.8, 4) is 0 Å². The van der Waals surface area contributed by atoms with Gasteiger partial charge in [-0.25, -0.2) is 14.8 Å². The second-order valence-corrected chi connectivity index (χ2v) is 6.76. The molecule has 0 atom stereocenters. The first kappa shape index (κ1) is 16.9. The molecule has 6 nitrogen and oxygen atoms in total. The van der Waals surface area contributed by atoms with Crippen molar-refractivity contribution in [3.05, 3.63) is 52.4 Å². The molecule has 2 N–H and O–H groups in total. The molecule has 1 aliphatic rings. The molecule has 7 heteroatoms. The number of hydrogen-bond acceptors (Lipinski definition) is 5. The van der Waals surface area contributed by atoms with Gasteiger partial charge in [0.25, 0.3) is 0 Å². The summed E-state index contributed by atoms with van der Waals surface area (Å²) in [4.78, 5) is 18.9. The molecule has 1 saturated heterocycles. The summed E-state index contributed by atoms with van der Waals surface area (Å²) in [6.45, 7) is 2.14. The SMILES string of the molecule is O=C(O)c1cnc(NCC2(c3ccc(Br)cc3)CCOCC2)cn1. The van der Waals surface area contributed by atoms with Crippen molar-refractivity contribution in [2.24, 2.45) is 0 Å². The average Bonchev–Trinajstić information content (AvgIpc) is 2.62. The fraction of sp³-hybridized carbons (Fsp3) is 0.353. The number of aromatic carboxylic acids is 1. The zero-order chi connectivity index (χ0) is 17.0. The Labute approximate surface area is 148 Å². The van der Waals surface area contributed by atoms with Crippen LogP contribution in [0.25, 0.3) is 0 Å². The van der Waals surface area contributed by atoms with E-state index in [-0.39, 0.29) is 11.1 Å². The summed E-state index contributed by atoms with van der Waals surface area (Å²) in [7, 11) is 0. The lowest BCUT2D eigenvalue weighted by atomic mass is 9.74. The number of rotatable bonds is 5. The molecule has 1 fully saturated rings. The van der Waals surface area contributed by atoms with Crippen molar-refractivity contribution in [3.63, 3.8) is 0 Å². The first-order chi connectivity index (χ1) is 11.6. The van der Waals surface area contributed by atoms with Gasteiger partial charge in [0.05, 0.1) is 12.4 Å². The fourth-order valence-electron chi connectivity index (χ4n) is 2.92. The van der Waals surface area contributed by atoms with Crippen LogP contribution < -0.4 is 5.32 Å². The highest BCUT2D eigenvalue weighted by Gasteiger charge is 2.34. The number of carboxylic acids is 1. The Morgan fingerprint density at radius 3 is 2.50 bits per heavy atom. The van der Waals surface area contributed by atoms with Crippen molar-refractivity contribution in [2.45, 2.75) is 18.3 Å². The molecule has 126 valence electrons. The monoisotopic (exact) mass is 391 g/mol. The van der Waals surface area contributed by atoms with Crippen LogP contribution in [-0.4, -0.2) is 40.8 Å². The summed E-state index contributed by atoms with van der Waals surface area (Å²) in [5.74, 6) is -0.507. The molecule has 0 spiro atoms. The van der Waals surface area contributed by atoms with Crippen LogP contribution in [0.5, 0.6) is 0 Å². The maximum atomic E-state index is 10.8. The summed E-state index contributed by atoms with van der Waals surface area (Å²) >= 11 is 3.47. The van der Waals surface area contributed by atoms with Gasteiger partial charge >= 0.3 is 5.97 Å². The number of halogens is 1. The van der Waals surface area contributed by atoms with Gasteiger partial charge in [0.1, 0.15) is 5.82 Å². The molecule has 24 heavy (non-hydrogen) atoms. The predicted octanol–water partition coefficient (Wildman–Crippen LogP) is 3.10. The molecule has 1 aromatic carbocycles. The van der Waals surface area contributed by atoms with E-state index in [2.05, 4.69) is 43.3 Å². The smallest absolute Gasteiger partial charge is 0.356 e. The third-order valence-corrected chi connectivity index (χ3v) is 4.91. The average molecular weight is 392 g/mol. The van der Waals surface area contributed by atoms with Crippen LogP contribution in [0.2, 0.25) is 0 Å². The Morgan fingerprint density at radius 1 is 1.21 bits per heavy atom. The molecular formula is C17H18BrN3O3. The molecular weight excluding hydrogens is 374 g/mol. The summed E-state index contributed by atoms with van der Waals surface area (Å²) in [5.41, 5.74) is 1.16. The molecule has 0 amide bonds. The van der Waals surface area contributed by atoms with E-state index in [0.29, 0.717) is 12.4 Å². The first-order valence-corrected chi connectivity index (χ1v) is 8.51. The molecule has 0 unspecified atom stereocenters. The minimum absolute atomic E-state index is 0.0356. The highest BCUT2D eigenvalue weighted by molar-refractivity contribution is 9.10. The van der Waals surface area contributed by atoms with E-state index in [1.165, 1.54) is 18.0 Å². The topological polar surface area (TPSA) is 84.3 Å². The Kier molecular flexibility index (Phi) is 5.11. The van der Waals surface area contributed by atoms with E-state index in [0.717, 1.165) is 30.5 Å². The maximum absolute atomic E-state index is 10.8. The first-order valence-electron chi connectivity index (χ1n) is 7.72. The Hall–Kier alpha value is -1.99. The van der Waals surface area contributed by atoms with Crippen molar-refractivity contribution < 1.29 is 14.6 Å². The number of nitrogens with one attached hydrogen (secondary N) is 1. The van der Waals surface area contributed by atoms with Crippen LogP contribution >= 0.6 is 15.9 Å². The lowest BCUT2D eigenvalue weighted by Crippen LogP contribution is -2.40. The summed E-state index contributed by atoms with van der Waals surface area (Å²) < 4.78 is 6.59. The largest absolute Gasteiger partial charge is 0.476 e. The van der Waals surface area contributed by atoms with E-state index < -0.39 is 5.97 Å².